The molecule has 3 N–H and O–H groups in total. The number of halogens is 2. The summed E-state index contributed by atoms with van der Waals surface area (Å²) in [5.41, 5.74) is 0.787. The molecular weight excluding hydrogens is 490 g/mol. The quantitative estimate of drug-likeness (QED) is 0.217. The van der Waals surface area contributed by atoms with Gasteiger partial charge in [0.2, 0.25) is 0 Å². The minimum atomic E-state index is -0.549. The van der Waals surface area contributed by atoms with Crippen LogP contribution < -0.4 is 25.4 Å². The topological polar surface area (TPSA) is 84.0 Å². The number of methoxy groups -OCH3 is 2. The number of amides is 1. The van der Waals surface area contributed by atoms with Crippen LogP contribution in [-0.2, 0) is 0 Å². The summed E-state index contributed by atoms with van der Waals surface area (Å²) in [6, 6.07) is 11.3. The van der Waals surface area contributed by atoms with Gasteiger partial charge in [-0.3, -0.25) is 9.79 Å². The van der Waals surface area contributed by atoms with Crippen LogP contribution in [0.2, 0.25) is 0 Å². The maximum atomic E-state index is 13.6. The van der Waals surface area contributed by atoms with Crippen LogP contribution in [0.1, 0.15) is 17.3 Å². The second kappa shape index (κ2) is 12.8. The third kappa shape index (κ3) is 7.41. The van der Waals surface area contributed by atoms with Crippen molar-refractivity contribution in [1.29, 1.82) is 0 Å². The minimum Gasteiger partial charge on any atom is -0.493 e. The van der Waals surface area contributed by atoms with Crippen molar-refractivity contribution in [3.8, 4) is 11.5 Å². The first-order valence-corrected chi connectivity index (χ1v) is 8.89. The van der Waals surface area contributed by atoms with E-state index >= 15 is 0 Å². The van der Waals surface area contributed by atoms with Gasteiger partial charge in [0.05, 0.1) is 26.3 Å². The lowest BCUT2D eigenvalue weighted by molar-refractivity contribution is 0.0951. The molecule has 0 bridgehead atoms. The Bertz CT molecular complexity index is 833. The van der Waals surface area contributed by atoms with Crippen LogP contribution in [0, 0.1) is 5.82 Å². The maximum absolute atomic E-state index is 13.6. The van der Waals surface area contributed by atoms with E-state index in [-0.39, 0.29) is 36.1 Å². The molecule has 9 heteroatoms. The van der Waals surface area contributed by atoms with Crippen molar-refractivity contribution in [2.24, 2.45) is 4.99 Å². The van der Waals surface area contributed by atoms with Gasteiger partial charge in [-0.25, -0.2) is 4.39 Å². The molecule has 0 aliphatic carbocycles. The highest BCUT2D eigenvalue weighted by molar-refractivity contribution is 14.0. The Hall–Kier alpha value is -2.56. The summed E-state index contributed by atoms with van der Waals surface area (Å²) in [4.78, 5) is 16.4. The van der Waals surface area contributed by atoms with E-state index in [1.54, 1.807) is 38.5 Å². The van der Waals surface area contributed by atoms with Gasteiger partial charge in [0, 0.05) is 24.8 Å². The van der Waals surface area contributed by atoms with Crippen molar-refractivity contribution in [2.75, 3.05) is 39.2 Å². The molecule has 2 aromatic carbocycles. The second-order valence-corrected chi connectivity index (χ2v) is 5.69. The Morgan fingerprint density at radius 1 is 1.07 bits per heavy atom. The fraction of sp³-hybridized carbons (Fsp3) is 0.300. The molecule has 0 fully saturated rings. The summed E-state index contributed by atoms with van der Waals surface area (Å²) < 4.78 is 24.1. The summed E-state index contributed by atoms with van der Waals surface area (Å²) in [6.07, 6.45) is 0. The van der Waals surface area contributed by atoms with Gasteiger partial charge >= 0.3 is 0 Å². The van der Waals surface area contributed by atoms with Crippen LogP contribution in [0.5, 0.6) is 11.5 Å². The Kier molecular flexibility index (Phi) is 10.8. The van der Waals surface area contributed by atoms with Crippen LogP contribution in [0.4, 0.5) is 10.1 Å². The van der Waals surface area contributed by atoms with Crippen molar-refractivity contribution in [2.45, 2.75) is 6.92 Å². The normalized spacial score (nSPS) is 10.6. The number of rotatable bonds is 8. The fourth-order valence-electron chi connectivity index (χ4n) is 2.44. The number of hydrogen-bond acceptors (Lipinski definition) is 4. The lowest BCUT2D eigenvalue weighted by Gasteiger charge is -2.14. The van der Waals surface area contributed by atoms with Crippen molar-refractivity contribution < 1.29 is 18.7 Å². The van der Waals surface area contributed by atoms with E-state index in [0.29, 0.717) is 30.5 Å². The van der Waals surface area contributed by atoms with Gasteiger partial charge in [0.25, 0.3) is 5.91 Å². The molecule has 0 spiro atoms. The molecule has 0 aliphatic rings. The van der Waals surface area contributed by atoms with Crippen molar-refractivity contribution in [3.05, 3.63) is 53.8 Å². The Balaban J connectivity index is 0.00000420. The number of ether oxygens (including phenoxy) is 2. The lowest BCUT2D eigenvalue weighted by Crippen LogP contribution is -2.32. The third-order valence-corrected chi connectivity index (χ3v) is 3.78. The highest BCUT2D eigenvalue weighted by atomic mass is 127. The number of nitrogens with zero attached hydrogens (tertiary/aromatic N) is 1. The van der Waals surface area contributed by atoms with Crippen molar-refractivity contribution >= 4 is 41.5 Å². The van der Waals surface area contributed by atoms with Gasteiger partial charge in [0.15, 0.2) is 17.5 Å². The first kappa shape index (κ1) is 24.5. The summed E-state index contributed by atoms with van der Waals surface area (Å²) in [5.74, 6) is 0.763. The number of hydrogen-bond donors (Lipinski definition) is 3. The highest BCUT2D eigenvalue weighted by Gasteiger charge is 2.10. The summed E-state index contributed by atoms with van der Waals surface area (Å²) in [6.45, 7) is 3.21. The van der Waals surface area contributed by atoms with E-state index in [9.17, 15) is 9.18 Å². The van der Waals surface area contributed by atoms with Crippen LogP contribution in [-0.4, -0.2) is 45.7 Å². The molecule has 29 heavy (non-hydrogen) atoms. The zero-order valence-corrected chi connectivity index (χ0v) is 19.0. The van der Waals surface area contributed by atoms with Crippen molar-refractivity contribution in [1.82, 2.24) is 10.6 Å². The molecule has 0 radical (unpaired) electrons. The summed E-state index contributed by atoms with van der Waals surface area (Å²) in [7, 11) is 3.14. The fourth-order valence-corrected chi connectivity index (χ4v) is 2.44. The number of nitrogens with one attached hydrogen (secondary N) is 3. The van der Waals surface area contributed by atoms with E-state index in [1.165, 1.54) is 12.1 Å². The first-order chi connectivity index (χ1) is 13.6. The Morgan fingerprint density at radius 3 is 2.45 bits per heavy atom. The van der Waals surface area contributed by atoms with Gasteiger partial charge in [-0.1, -0.05) is 12.1 Å². The van der Waals surface area contributed by atoms with Gasteiger partial charge < -0.3 is 25.4 Å². The second-order valence-electron chi connectivity index (χ2n) is 5.69. The monoisotopic (exact) mass is 516 g/mol. The van der Waals surface area contributed by atoms with E-state index in [4.69, 9.17) is 9.47 Å². The molecule has 0 saturated heterocycles. The standard InChI is InChI=1S/C20H25FN4O3.HI/c1-4-22-20(25-14-9-10-17(27-2)18(13-14)28-3)24-12-11-23-19(26)15-7-5-6-8-16(15)21;/h5-10,13H,4,11-12H2,1-3H3,(H,23,26)(H2,22,24,25);1H. The zero-order valence-electron chi connectivity index (χ0n) is 16.6. The predicted octanol–water partition coefficient (Wildman–Crippen LogP) is 3.27. The van der Waals surface area contributed by atoms with Gasteiger partial charge in [0.1, 0.15) is 5.82 Å². The molecule has 0 unspecified atom stereocenters. The number of carbonyl (C=O) groups is 1. The molecule has 0 aliphatic heterocycles. The number of guanidine groups is 1. The van der Waals surface area contributed by atoms with Crippen LogP contribution in [0.25, 0.3) is 0 Å². The molecule has 1 amide bonds. The van der Waals surface area contributed by atoms with Crippen LogP contribution >= 0.6 is 24.0 Å². The lowest BCUT2D eigenvalue weighted by atomic mass is 10.2. The molecule has 0 saturated carbocycles. The molecule has 0 heterocycles. The Morgan fingerprint density at radius 2 is 1.79 bits per heavy atom. The average Bonchev–Trinajstić information content (AvgIpc) is 2.71. The first-order valence-electron chi connectivity index (χ1n) is 8.89. The van der Waals surface area contributed by atoms with E-state index < -0.39 is 11.7 Å². The maximum Gasteiger partial charge on any atom is 0.254 e. The minimum absolute atomic E-state index is 0. The van der Waals surface area contributed by atoms with E-state index in [0.717, 1.165) is 5.69 Å². The molecular formula is C20H26FIN4O3. The van der Waals surface area contributed by atoms with Crippen LogP contribution in [0.3, 0.4) is 0 Å². The zero-order chi connectivity index (χ0) is 20.4. The van der Waals surface area contributed by atoms with E-state index in [1.807, 2.05) is 13.0 Å². The number of carbonyl (C=O) groups excluding carboxylic acids is 1. The SMILES string of the molecule is CCNC(=NCCNC(=O)c1ccccc1F)Nc1ccc(OC)c(OC)c1.I. The van der Waals surface area contributed by atoms with Crippen molar-refractivity contribution in [3.63, 3.8) is 0 Å². The van der Waals surface area contributed by atoms with Gasteiger partial charge in [-0.2, -0.15) is 0 Å². The van der Waals surface area contributed by atoms with E-state index in [2.05, 4.69) is 20.9 Å². The predicted molar refractivity (Wildman–Crippen MR) is 123 cm³/mol. The number of benzene rings is 2. The highest BCUT2D eigenvalue weighted by Crippen LogP contribution is 2.29. The average molecular weight is 516 g/mol. The van der Waals surface area contributed by atoms with Crippen LogP contribution in [0.15, 0.2) is 47.5 Å². The molecule has 2 rings (SSSR count). The number of anilines is 1. The molecule has 0 aromatic heterocycles. The summed E-state index contributed by atoms with van der Waals surface area (Å²) >= 11 is 0. The Labute approximate surface area is 187 Å². The molecule has 0 atom stereocenters. The number of aliphatic imine (C=N–C) groups is 1. The van der Waals surface area contributed by atoms with Gasteiger partial charge in [-0.05, 0) is 31.2 Å². The molecule has 7 nitrogen and oxygen atoms in total. The molecule has 158 valence electrons. The summed E-state index contributed by atoms with van der Waals surface area (Å²) in [5, 5.41) is 8.94. The molecule has 2 aromatic rings. The smallest absolute Gasteiger partial charge is 0.254 e. The third-order valence-electron chi connectivity index (χ3n) is 3.78. The largest absolute Gasteiger partial charge is 0.493 e. The van der Waals surface area contributed by atoms with Gasteiger partial charge in [-0.15, -0.1) is 24.0 Å².